The molecule has 0 aromatic carbocycles. The summed E-state index contributed by atoms with van der Waals surface area (Å²) in [6.45, 7) is 8.25. The minimum absolute atomic E-state index is 0.647. The molecule has 0 fully saturated rings. The fourth-order valence-electron chi connectivity index (χ4n) is 1.66. The van der Waals surface area contributed by atoms with Crippen LogP contribution in [0.3, 0.4) is 0 Å². The van der Waals surface area contributed by atoms with E-state index in [2.05, 4.69) is 42.5 Å². The van der Waals surface area contributed by atoms with Gasteiger partial charge in [0.1, 0.15) is 5.69 Å². The standard InChI is InChI=1S/C13H18N2OS/c1-9(2)6-14-7-11-12(16-8-15-11)13-10(3)4-5-17-13/h4-5,8-9,14H,6-7H2,1-3H3. The van der Waals surface area contributed by atoms with E-state index in [1.807, 2.05) is 0 Å². The molecule has 0 aliphatic heterocycles. The summed E-state index contributed by atoms with van der Waals surface area (Å²) < 4.78 is 5.51. The lowest BCUT2D eigenvalue weighted by molar-refractivity contribution is 0.545. The van der Waals surface area contributed by atoms with Crippen LogP contribution in [0, 0.1) is 12.8 Å². The number of nitrogens with zero attached hydrogens (tertiary/aromatic N) is 1. The fraction of sp³-hybridized carbons (Fsp3) is 0.462. The van der Waals surface area contributed by atoms with Gasteiger partial charge in [0.2, 0.25) is 0 Å². The lowest BCUT2D eigenvalue weighted by Crippen LogP contribution is -2.19. The van der Waals surface area contributed by atoms with Crippen molar-refractivity contribution in [2.75, 3.05) is 6.54 Å². The maximum atomic E-state index is 5.51. The Bertz CT molecular complexity index is 473. The number of oxazole rings is 1. The van der Waals surface area contributed by atoms with Gasteiger partial charge in [0.25, 0.3) is 0 Å². The number of hydrogen-bond donors (Lipinski definition) is 1. The SMILES string of the molecule is Cc1ccsc1-c1ocnc1CNCC(C)C. The molecular weight excluding hydrogens is 232 g/mol. The van der Waals surface area contributed by atoms with Gasteiger partial charge in [0, 0.05) is 6.54 Å². The summed E-state index contributed by atoms with van der Waals surface area (Å²) in [4.78, 5) is 5.47. The molecule has 2 heterocycles. The highest BCUT2D eigenvalue weighted by atomic mass is 32.1. The zero-order valence-electron chi connectivity index (χ0n) is 10.5. The van der Waals surface area contributed by atoms with Gasteiger partial charge in [0.05, 0.1) is 4.88 Å². The average Bonchev–Trinajstić information content (AvgIpc) is 2.86. The first-order chi connectivity index (χ1) is 8.18. The Morgan fingerprint density at radius 1 is 1.47 bits per heavy atom. The van der Waals surface area contributed by atoms with Crippen molar-refractivity contribution in [3.05, 3.63) is 29.1 Å². The van der Waals surface area contributed by atoms with E-state index < -0.39 is 0 Å². The predicted octanol–water partition coefficient (Wildman–Crippen LogP) is 3.46. The molecule has 92 valence electrons. The van der Waals surface area contributed by atoms with Crippen molar-refractivity contribution < 1.29 is 4.42 Å². The number of hydrogen-bond acceptors (Lipinski definition) is 4. The van der Waals surface area contributed by atoms with Crippen LogP contribution in [0.4, 0.5) is 0 Å². The van der Waals surface area contributed by atoms with E-state index in [0.717, 1.165) is 24.5 Å². The number of aryl methyl sites for hydroxylation is 1. The molecule has 0 aliphatic rings. The third kappa shape index (κ3) is 2.96. The molecule has 4 heteroatoms. The highest BCUT2D eigenvalue weighted by Crippen LogP contribution is 2.31. The Labute approximate surface area is 106 Å². The van der Waals surface area contributed by atoms with E-state index in [1.54, 1.807) is 11.3 Å². The van der Waals surface area contributed by atoms with Crippen molar-refractivity contribution in [3.8, 4) is 10.6 Å². The monoisotopic (exact) mass is 250 g/mol. The minimum atomic E-state index is 0.647. The van der Waals surface area contributed by atoms with E-state index in [4.69, 9.17) is 4.42 Å². The van der Waals surface area contributed by atoms with Crippen LogP contribution < -0.4 is 5.32 Å². The summed E-state index contributed by atoms with van der Waals surface area (Å²) in [6.07, 6.45) is 1.53. The molecule has 0 spiro atoms. The summed E-state index contributed by atoms with van der Waals surface area (Å²) >= 11 is 1.70. The summed E-state index contributed by atoms with van der Waals surface area (Å²) in [5.74, 6) is 1.56. The van der Waals surface area contributed by atoms with E-state index in [0.29, 0.717) is 5.92 Å². The average molecular weight is 250 g/mol. The van der Waals surface area contributed by atoms with Crippen LogP contribution in [0.1, 0.15) is 25.1 Å². The van der Waals surface area contributed by atoms with Gasteiger partial charge in [0.15, 0.2) is 12.2 Å². The highest BCUT2D eigenvalue weighted by Gasteiger charge is 2.13. The lowest BCUT2D eigenvalue weighted by atomic mass is 10.2. The van der Waals surface area contributed by atoms with Crippen LogP contribution in [0.25, 0.3) is 10.6 Å². The van der Waals surface area contributed by atoms with Crippen LogP contribution in [0.15, 0.2) is 22.3 Å². The van der Waals surface area contributed by atoms with Crippen LogP contribution in [-0.2, 0) is 6.54 Å². The second kappa shape index (κ2) is 5.47. The van der Waals surface area contributed by atoms with E-state index in [9.17, 15) is 0 Å². The third-order valence-corrected chi connectivity index (χ3v) is 3.57. The second-order valence-electron chi connectivity index (χ2n) is 4.59. The van der Waals surface area contributed by atoms with Gasteiger partial charge in [-0.15, -0.1) is 11.3 Å². The van der Waals surface area contributed by atoms with Crippen LogP contribution in [-0.4, -0.2) is 11.5 Å². The Morgan fingerprint density at radius 3 is 2.94 bits per heavy atom. The van der Waals surface area contributed by atoms with Gasteiger partial charge < -0.3 is 9.73 Å². The molecule has 0 radical (unpaired) electrons. The molecule has 0 aliphatic carbocycles. The summed E-state index contributed by atoms with van der Waals surface area (Å²) in [5.41, 5.74) is 2.24. The fourth-order valence-corrected chi connectivity index (χ4v) is 2.60. The molecule has 2 aromatic heterocycles. The first-order valence-electron chi connectivity index (χ1n) is 5.86. The number of rotatable bonds is 5. The molecule has 2 aromatic rings. The first kappa shape index (κ1) is 12.3. The van der Waals surface area contributed by atoms with Crippen molar-refractivity contribution in [2.45, 2.75) is 27.3 Å². The van der Waals surface area contributed by atoms with Gasteiger partial charge in [-0.3, -0.25) is 0 Å². The number of nitrogens with one attached hydrogen (secondary N) is 1. The Kier molecular flexibility index (Phi) is 3.97. The van der Waals surface area contributed by atoms with Crippen LogP contribution >= 0.6 is 11.3 Å². The van der Waals surface area contributed by atoms with Crippen LogP contribution in [0.2, 0.25) is 0 Å². The quantitative estimate of drug-likeness (QED) is 0.883. The molecule has 0 atom stereocenters. The summed E-state index contributed by atoms with van der Waals surface area (Å²) in [6, 6.07) is 2.11. The first-order valence-corrected chi connectivity index (χ1v) is 6.74. The van der Waals surface area contributed by atoms with Crippen molar-refractivity contribution in [1.82, 2.24) is 10.3 Å². The molecule has 0 saturated heterocycles. The van der Waals surface area contributed by atoms with E-state index >= 15 is 0 Å². The van der Waals surface area contributed by atoms with Crippen LogP contribution in [0.5, 0.6) is 0 Å². The largest absolute Gasteiger partial charge is 0.442 e. The van der Waals surface area contributed by atoms with Crippen molar-refractivity contribution in [3.63, 3.8) is 0 Å². The molecular formula is C13H18N2OS. The zero-order chi connectivity index (χ0) is 12.3. The van der Waals surface area contributed by atoms with Gasteiger partial charge >= 0.3 is 0 Å². The van der Waals surface area contributed by atoms with Crippen molar-refractivity contribution in [2.24, 2.45) is 5.92 Å². The minimum Gasteiger partial charge on any atom is -0.442 e. The Hall–Kier alpha value is -1.13. The topological polar surface area (TPSA) is 38.1 Å². The Morgan fingerprint density at radius 2 is 2.29 bits per heavy atom. The van der Waals surface area contributed by atoms with Gasteiger partial charge in [-0.2, -0.15) is 0 Å². The molecule has 17 heavy (non-hydrogen) atoms. The molecule has 0 bridgehead atoms. The molecule has 0 saturated carbocycles. The number of aromatic nitrogens is 1. The predicted molar refractivity (Wildman–Crippen MR) is 71.1 cm³/mol. The normalized spacial score (nSPS) is 11.3. The zero-order valence-corrected chi connectivity index (χ0v) is 11.3. The molecule has 2 rings (SSSR count). The molecule has 0 amide bonds. The maximum absolute atomic E-state index is 5.51. The van der Waals surface area contributed by atoms with E-state index in [1.165, 1.54) is 16.8 Å². The van der Waals surface area contributed by atoms with E-state index in [-0.39, 0.29) is 0 Å². The lowest BCUT2D eigenvalue weighted by Gasteiger charge is -2.06. The third-order valence-electron chi connectivity index (χ3n) is 2.55. The van der Waals surface area contributed by atoms with Gasteiger partial charge in [-0.05, 0) is 36.4 Å². The molecule has 1 N–H and O–H groups in total. The molecule has 3 nitrogen and oxygen atoms in total. The van der Waals surface area contributed by atoms with Gasteiger partial charge in [-0.25, -0.2) is 4.98 Å². The van der Waals surface area contributed by atoms with Crippen molar-refractivity contribution >= 4 is 11.3 Å². The van der Waals surface area contributed by atoms with Gasteiger partial charge in [-0.1, -0.05) is 13.8 Å². The highest BCUT2D eigenvalue weighted by molar-refractivity contribution is 7.13. The maximum Gasteiger partial charge on any atom is 0.181 e. The summed E-state index contributed by atoms with van der Waals surface area (Å²) in [5, 5.41) is 5.47. The second-order valence-corrected chi connectivity index (χ2v) is 5.50. The van der Waals surface area contributed by atoms with Crippen molar-refractivity contribution in [1.29, 1.82) is 0 Å². The number of thiophene rings is 1. The molecule has 0 unspecified atom stereocenters. The summed E-state index contributed by atoms with van der Waals surface area (Å²) in [7, 11) is 0. The Balaban J connectivity index is 2.10. The smallest absolute Gasteiger partial charge is 0.181 e.